The number of fused-ring (bicyclic) bond motifs is 4. The zero-order valence-corrected chi connectivity index (χ0v) is 50.2. The molecule has 82 heavy (non-hydrogen) atoms. The number of allylic oxidation sites excluding steroid dienone is 3. The Labute approximate surface area is 483 Å². The van der Waals surface area contributed by atoms with E-state index >= 15 is 4.79 Å². The molecule has 1 spiro atoms. The summed E-state index contributed by atoms with van der Waals surface area (Å²) in [4.78, 5) is 42.6. The van der Waals surface area contributed by atoms with Crippen molar-refractivity contribution in [3.05, 3.63) is 58.4 Å². The number of aliphatic hydroxyl groups excluding tert-OH is 5. The van der Waals surface area contributed by atoms with E-state index < -0.39 is 138 Å². The van der Waals surface area contributed by atoms with Gasteiger partial charge in [-0.05, 0) is 102 Å². The standard InChI is InChI=1S/C62H94N2O18/c1-28-14-17-44(79-48-26-60(10,63)55(36(9)77-48)64-59(72)74-13)29(2)19-38-21-37(27-65)33(6)25-62(38)57(70)49(58(71)82-62)56(69)61(11)41(28)16-15-40-50(61)30(3)18-31(4)52(40)81-47-24-45(51(68)34(7)75-47)80-46-23-43(67)54(35(8)76-46)78-39-20-32(5)53(73-12)42(66)22-39/h14-16,19,21,30-36,38-48,50-55,65-69H,17-18,20,22-27,63H2,1-13H3,(H,64,72)/b28-14+,29-19+,56-49?/t30-,31-,32+,33+,34-,35-,36+,38+,39-,40-,41-,42+,43+,44-,45+,46+,47+,48-,50+,51-,52-,53-,54-,55-,60-,61+,62-/m0/s1. The minimum Gasteiger partial charge on any atom is -0.511 e. The molecule has 2 bridgehead atoms. The van der Waals surface area contributed by atoms with Crippen LogP contribution in [0.15, 0.2) is 58.4 Å². The molecule has 0 radical (unpaired) electrons. The van der Waals surface area contributed by atoms with Gasteiger partial charge in [-0.15, -0.1) is 0 Å². The van der Waals surface area contributed by atoms with Crippen molar-refractivity contribution in [3.8, 4) is 0 Å². The summed E-state index contributed by atoms with van der Waals surface area (Å²) in [6.07, 6.45) is 1.57. The fourth-order valence-corrected chi connectivity index (χ4v) is 16.2. The fraction of sp³-hybridized carbons (Fsp3) is 0.790. The van der Waals surface area contributed by atoms with Gasteiger partial charge in [0.15, 0.2) is 24.5 Å². The van der Waals surface area contributed by atoms with Gasteiger partial charge in [-0.3, -0.25) is 4.79 Å². The summed E-state index contributed by atoms with van der Waals surface area (Å²) in [7, 11) is 2.88. The third-order valence-electron chi connectivity index (χ3n) is 20.4. The third-order valence-corrected chi connectivity index (χ3v) is 20.4. The Hall–Kier alpha value is -3.61. The molecule has 4 aliphatic heterocycles. The van der Waals surface area contributed by atoms with Crippen LogP contribution in [0.4, 0.5) is 4.79 Å². The maximum Gasteiger partial charge on any atom is 0.407 e. The SMILES string of the molecule is COC(=O)N[C@H]1[C@@H](C)O[C@@H](O[C@H]2C/C=C(\C)[C@@H]3C=C[C@@H]4[C@@H](O[C@@H]5C[C@@H](O[C@@H]6C[C@@H](O)[C@@H](O[C@H]7C[C@@H](C)[C@H](OC)[C@H](O)C7)[C@H](C)O6)[C@@H](O)[C@H](C)O5)[C@@H](C)C[C@H](C)[C@H]4[C@]3(C)C(O)=C3C(=O)O[C@]4(C[C@@H](C)C(CO)=C[C@H]4/C=C/2C)C3=O)C[C@]1(C)N. The zero-order valence-electron chi connectivity index (χ0n) is 50.2. The van der Waals surface area contributed by atoms with Crippen molar-refractivity contribution in [2.45, 2.75) is 237 Å². The quantitative estimate of drug-likeness (QED) is 0.0718. The summed E-state index contributed by atoms with van der Waals surface area (Å²) >= 11 is 0. The van der Waals surface area contributed by atoms with Crippen molar-refractivity contribution in [2.75, 3.05) is 20.8 Å². The number of hydrogen-bond acceptors (Lipinski definition) is 19. The number of ether oxygens (including phenoxy) is 10. The first kappa shape index (κ1) is 62.9. The van der Waals surface area contributed by atoms with Crippen LogP contribution in [-0.2, 0) is 57.0 Å². The molecule has 0 aromatic carbocycles. The number of alkyl carbamates (subject to hydrolysis) is 1. The van der Waals surface area contributed by atoms with Gasteiger partial charge in [-0.1, -0.05) is 70.6 Å². The van der Waals surface area contributed by atoms with Gasteiger partial charge in [0.25, 0.3) is 0 Å². The van der Waals surface area contributed by atoms with E-state index in [2.05, 4.69) is 37.4 Å². The molecule has 0 unspecified atom stereocenters. The van der Waals surface area contributed by atoms with Gasteiger partial charge in [0.2, 0.25) is 5.78 Å². The molecule has 5 aliphatic carbocycles. The predicted molar refractivity (Wildman–Crippen MR) is 298 cm³/mol. The number of methoxy groups -OCH3 is 2. The smallest absolute Gasteiger partial charge is 0.407 e. The highest BCUT2D eigenvalue weighted by Crippen LogP contribution is 2.61. The largest absolute Gasteiger partial charge is 0.511 e. The molecule has 4 saturated heterocycles. The molecule has 8 N–H and O–H groups in total. The average molecular weight is 1160 g/mol. The molecule has 20 nitrogen and oxygen atoms in total. The van der Waals surface area contributed by atoms with E-state index in [1.807, 2.05) is 61.5 Å². The highest BCUT2D eigenvalue weighted by Gasteiger charge is 2.64. The Balaban J connectivity index is 1.00. The topological polar surface area (TPSA) is 283 Å². The van der Waals surface area contributed by atoms with Gasteiger partial charge < -0.3 is 84.0 Å². The van der Waals surface area contributed by atoms with E-state index in [9.17, 15) is 35.1 Å². The van der Waals surface area contributed by atoms with E-state index in [0.29, 0.717) is 36.8 Å². The molecule has 0 aromatic rings. The first-order chi connectivity index (χ1) is 38.6. The Kier molecular flexibility index (Phi) is 18.9. The first-order valence-electron chi connectivity index (χ1n) is 30.0. The number of rotatable bonds is 11. The van der Waals surface area contributed by atoms with Crippen molar-refractivity contribution < 1.29 is 87.3 Å². The maximum absolute atomic E-state index is 15.6. The van der Waals surface area contributed by atoms with Crippen LogP contribution in [0.5, 0.6) is 0 Å². The lowest BCUT2D eigenvalue weighted by Gasteiger charge is -2.56. The number of carbonyl (C=O) groups excluding carboxylic acids is 3. The minimum absolute atomic E-state index is 0.0347. The second kappa shape index (κ2) is 24.6. The van der Waals surface area contributed by atoms with Gasteiger partial charge in [0.05, 0.1) is 80.8 Å². The third kappa shape index (κ3) is 11.9. The Morgan fingerprint density at radius 2 is 1.43 bits per heavy atom. The monoisotopic (exact) mass is 1150 g/mol. The van der Waals surface area contributed by atoms with E-state index in [1.165, 1.54) is 7.11 Å². The molecular weight excluding hydrogens is 1060 g/mol. The summed E-state index contributed by atoms with van der Waals surface area (Å²) in [5, 5.41) is 60.4. The number of aliphatic hydroxyl groups is 5. The normalized spacial score (nSPS) is 49.4. The Bertz CT molecular complexity index is 2490. The Morgan fingerprint density at radius 1 is 0.756 bits per heavy atom. The molecule has 9 aliphatic rings. The fourth-order valence-electron chi connectivity index (χ4n) is 16.2. The van der Waals surface area contributed by atoms with E-state index in [0.717, 1.165) is 5.57 Å². The van der Waals surface area contributed by atoms with E-state index in [1.54, 1.807) is 20.1 Å². The van der Waals surface area contributed by atoms with Gasteiger partial charge in [-0.25, -0.2) is 9.59 Å². The van der Waals surface area contributed by atoms with E-state index in [4.69, 9.17) is 53.1 Å². The summed E-state index contributed by atoms with van der Waals surface area (Å²) in [6.45, 7) is 20.9. The van der Waals surface area contributed by atoms with Gasteiger partial charge in [0.1, 0.15) is 23.5 Å². The maximum atomic E-state index is 15.6. The molecule has 2 saturated carbocycles. The van der Waals surface area contributed by atoms with Gasteiger partial charge >= 0.3 is 12.1 Å². The molecule has 4 heterocycles. The molecule has 460 valence electrons. The molecule has 9 rings (SSSR count). The molecule has 1 amide bonds. The number of Topliss-reactive ketones (excluding diaryl/α,β-unsaturated/α-hetero) is 1. The summed E-state index contributed by atoms with van der Waals surface area (Å²) in [5.74, 6) is -4.42. The predicted octanol–water partition coefficient (Wildman–Crippen LogP) is 5.92. The van der Waals surface area contributed by atoms with Crippen LogP contribution in [0.2, 0.25) is 0 Å². The van der Waals surface area contributed by atoms with Crippen molar-refractivity contribution in [2.24, 2.45) is 58.5 Å². The van der Waals surface area contributed by atoms with Crippen LogP contribution in [0.3, 0.4) is 0 Å². The van der Waals surface area contributed by atoms with Crippen molar-refractivity contribution in [3.63, 3.8) is 0 Å². The molecule has 6 fully saturated rings. The second-order valence-electron chi connectivity index (χ2n) is 26.4. The molecule has 27 atom stereocenters. The van der Waals surface area contributed by atoms with Gasteiger partial charge in [-0.2, -0.15) is 0 Å². The lowest BCUT2D eigenvalue weighted by atomic mass is 9.49. The number of hydrogen-bond donors (Lipinski definition) is 7. The average Bonchev–Trinajstić information content (AvgIpc) is 3.56. The highest BCUT2D eigenvalue weighted by atomic mass is 16.7. The minimum atomic E-state index is -1.74. The number of ketones is 1. The van der Waals surface area contributed by atoms with Crippen molar-refractivity contribution >= 4 is 17.8 Å². The number of amides is 1. The van der Waals surface area contributed by atoms with Crippen LogP contribution < -0.4 is 11.1 Å². The number of esters is 1. The first-order valence-corrected chi connectivity index (χ1v) is 30.0. The van der Waals surface area contributed by atoms with Crippen LogP contribution in [0.1, 0.15) is 128 Å². The van der Waals surface area contributed by atoms with Crippen LogP contribution in [0.25, 0.3) is 0 Å². The van der Waals surface area contributed by atoms with E-state index in [-0.39, 0.29) is 85.4 Å². The zero-order chi connectivity index (χ0) is 59.7. The highest BCUT2D eigenvalue weighted by molar-refractivity contribution is 6.26. The van der Waals surface area contributed by atoms with Gasteiger partial charge in [0, 0.05) is 67.9 Å². The number of nitrogens with two attached hydrogens (primary N) is 1. The lowest BCUT2D eigenvalue weighted by Crippen LogP contribution is -2.66. The summed E-state index contributed by atoms with van der Waals surface area (Å²) < 4.78 is 62.9. The second-order valence-corrected chi connectivity index (χ2v) is 26.4. The van der Waals surface area contributed by atoms with Crippen LogP contribution in [0, 0.1) is 52.8 Å². The summed E-state index contributed by atoms with van der Waals surface area (Å²) in [5.41, 5.74) is 4.79. The lowest BCUT2D eigenvalue weighted by molar-refractivity contribution is -0.321. The number of nitrogens with one attached hydrogen (secondary N) is 1. The van der Waals surface area contributed by atoms with Crippen molar-refractivity contribution in [1.82, 2.24) is 5.32 Å². The van der Waals surface area contributed by atoms with Crippen LogP contribution in [-0.4, -0.2) is 174 Å². The molecule has 20 heteroatoms. The Morgan fingerprint density at radius 3 is 2.09 bits per heavy atom. The molecular formula is C62H94N2O18. The molecule has 0 aromatic heterocycles. The summed E-state index contributed by atoms with van der Waals surface area (Å²) in [6, 6.07) is -0.592. The van der Waals surface area contributed by atoms with Crippen LogP contribution >= 0.6 is 0 Å². The number of carbonyl (C=O) groups is 3. The van der Waals surface area contributed by atoms with Crippen molar-refractivity contribution in [1.29, 1.82) is 0 Å².